The number of rotatable bonds is 1. The average Bonchev–Trinajstić information content (AvgIpc) is 2.34. The second-order valence-corrected chi connectivity index (χ2v) is 4.22. The predicted molar refractivity (Wildman–Crippen MR) is 60.9 cm³/mol. The molecule has 0 fully saturated rings. The van der Waals surface area contributed by atoms with E-state index in [2.05, 4.69) is 0 Å². The average molecular weight is 308 g/mol. The van der Waals surface area contributed by atoms with Crippen LogP contribution in [0.3, 0.4) is 0 Å². The molecule has 21 heavy (non-hydrogen) atoms. The van der Waals surface area contributed by atoms with Crippen LogP contribution in [-0.2, 0) is 12.4 Å². The van der Waals surface area contributed by atoms with Gasteiger partial charge in [0.15, 0.2) is 0 Å². The summed E-state index contributed by atoms with van der Waals surface area (Å²) in [5.41, 5.74) is -3.93. The highest BCUT2D eigenvalue weighted by Gasteiger charge is 2.44. The molecule has 0 spiro atoms. The van der Waals surface area contributed by atoms with Gasteiger partial charge < -0.3 is 5.11 Å². The van der Waals surface area contributed by atoms with E-state index in [1.807, 2.05) is 0 Å². The normalized spacial score (nSPS) is 12.7. The SMILES string of the molecule is O=C(O)c1ccc2c(C(F)(F)F)c(C(F)(F)F)ccc2c1. The van der Waals surface area contributed by atoms with Crippen molar-refractivity contribution in [1.82, 2.24) is 0 Å². The predicted octanol–water partition coefficient (Wildman–Crippen LogP) is 4.58. The number of carbonyl (C=O) groups is 1. The van der Waals surface area contributed by atoms with Crippen LogP contribution in [0.15, 0.2) is 30.3 Å². The van der Waals surface area contributed by atoms with Crippen molar-refractivity contribution in [2.24, 2.45) is 0 Å². The number of fused-ring (bicyclic) bond motifs is 1. The van der Waals surface area contributed by atoms with Crippen molar-refractivity contribution in [3.63, 3.8) is 0 Å². The lowest BCUT2D eigenvalue weighted by Gasteiger charge is -2.17. The Labute approximate surface area is 113 Å². The lowest BCUT2D eigenvalue weighted by molar-refractivity contribution is -0.161. The molecule has 2 aromatic carbocycles. The first-order valence-electron chi connectivity index (χ1n) is 5.46. The van der Waals surface area contributed by atoms with Crippen LogP contribution < -0.4 is 0 Å². The molecule has 0 aliphatic heterocycles. The lowest BCUT2D eigenvalue weighted by atomic mass is 9.96. The van der Waals surface area contributed by atoms with Crippen molar-refractivity contribution in [2.45, 2.75) is 12.4 Å². The number of benzene rings is 2. The Morgan fingerprint density at radius 3 is 2.00 bits per heavy atom. The zero-order chi connectivity index (χ0) is 16.0. The van der Waals surface area contributed by atoms with Crippen molar-refractivity contribution in [3.05, 3.63) is 47.0 Å². The molecule has 0 heterocycles. The Hall–Kier alpha value is -2.25. The number of aromatic carboxylic acids is 1. The summed E-state index contributed by atoms with van der Waals surface area (Å²) < 4.78 is 77.0. The molecule has 0 bridgehead atoms. The Morgan fingerprint density at radius 2 is 1.52 bits per heavy atom. The zero-order valence-electron chi connectivity index (χ0n) is 10.0. The number of halogens is 6. The zero-order valence-corrected chi connectivity index (χ0v) is 10.0. The van der Waals surface area contributed by atoms with Gasteiger partial charge in [0.1, 0.15) is 0 Å². The Morgan fingerprint density at radius 1 is 0.905 bits per heavy atom. The molecule has 0 saturated carbocycles. The quantitative estimate of drug-likeness (QED) is 0.783. The van der Waals surface area contributed by atoms with Crippen LogP contribution in [0.2, 0.25) is 0 Å². The number of hydrogen-bond acceptors (Lipinski definition) is 1. The second kappa shape index (κ2) is 4.64. The van der Waals surface area contributed by atoms with Gasteiger partial charge in [0.25, 0.3) is 0 Å². The Bertz CT molecular complexity index is 715. The molecule has 0 saturated heterocycles. The summed E-state index contributed by atoms with van der Waals surface area (Å²) in [4.78, 5) is 10.8. The fraction of sp³-hybridized carbons (Fsp3) is 0.154. The van der Waals surface area contributed by atoms with E-state index in [0.29, 0.717) is 6.07 Å². The third-order valence-corrected chi connectivity index (χ3v) is 2.86. The van der Waals surface area contributed by atoms with Gasteiger partial charge in [-0.15, -0.1) is 0 Å². The Kier molecular flexibility index (Phi) is 3.35. The maximum atomic E-state index is 13.0. The van der Waals surface area contributed by atoms with Crippen molar-refractivity contribution < 1.29 is 36.2 Å². The van der Waals surface area contributed by atoms with Gasteiger partial charge in [0.2, 0.25) is 0 Å². The molecule has 0 aliphatic rings. The summed E-state index contributed by atoms with van der Waals surface area (Å²) in [7, 11) is 0. The van der Waals surface area contributed by atoms with E-state index in [-0.39, 0.29) is 10.9 Å². The lowest BCUT2D eigenvalue weighted by Crippen LogP contribution is -2.17. The van der Waals surface area contributed by atoms with Gasteiger partial charge in [-0.1, -0.05) is 12.1 Å². The van der Waals surface area contributed by atoms with Crippen molar-refractivity contribution in [2.75, 3.05) is 0 Å². The molecule has 1 N–H and O–H groups in total. The van der Waals surface area contributed by atoms with Gasteiger partial charge in [-0.3, -0.25) is 0 Å². The summed E-state index contributed by atoms with van der Waals surface area (Å²) in [5.74, 6) is -1.38. The first-order valence-corrected chi connectivity index (χ1v) is 5.46. The van der Waals surface area contributed by atoms with E-state index < -0.39 is 34.8 Å². The van der Waals surface area contributed by atoms with Crippen molar-refractivity contribution in [3.8, 4) is 0 Å². The molecule has 2 nitrogen and oxygen atoms in total. The van der Waals surface area contributed by atoms with Crippen LogP contribution in [0.1, 0.15) is 21.5 Å². The third kappa shape index (κ3) is 2.79. The van der Waals surface area contributed by atoms with E-state index in [0.717, 1.165) is 24.3 Å². The van der Waals surface area contributed by atoms with Crippen LogP contribution in [0.25, 0.3) is 10.8 Å². The number of carboxylic acids is 1. The first-order chi connectivity index (χ1) is 9.51. The summed E-state index contributed by atoms with van der Waals surface area (Å²) in [6.45, 7) is 0. The highest BCUT2D eigenvalue weighted by molar-refractivity contribution is 5.96. The van der Waals surface area contributed by atoms with Crippen LogP contribution in [0.5, 0.6) is 0 Å². The summed E-state index contributed by atoms with van der Waals surface area (Å²) in [5, 5.41) is 7.84. The number of alkyl halides is 6. The summed E-state index contributed by atoms with van der Waals surface area (Å²) in [6.07, 6.45) is -10.4. The van der Waals surface area contributed by atoms with Crippen LogP contribution in [-0.4, -0.2) is 11.1 Å². The van der Waals surface area contributed by atoms with Gasteiger partial charge in [-0.25, -0.2) is 4.79 Å². The molecule has 0 radical (unpaired) electrons. The summed E-state index contributed by atoms with van der Waals surface area (Å²) >= 11 is 0. The van der Waals surface area contributed by atoms with Gasteiger partial charge in [-0.2, -0.15) is 26.3 Å². The van der Waals surface area contributed by atoms with E-state index in [1.165, 1.54) is 0 Å². The molecule has 0 unspecified atom stereocenters. The number of carboxylic acid groups (broad SMARTS) is 1. The Balaban J connectivity index is 2.86. The first kappa shape index (κ1) is 15.1. The molecule has 2 aromatic rings. The molecular formula is C13H6F6O2. The third-order valence-electron chi connectivity index (χ3n) is 2.86. The van der Waals surface area contributed by atoms with E-state index in [4.69, 9.17) is 5.11 Å². The minimum absolute atomic E-state index is 0.227. The molecule has 0 aliphatic carbocycles. The minimum atomic E-state index is -5.21. The van der Waals surface area contributed by atoms with Crippen molar-refractivity contribution >= 4 is 16.7 Å². The van der Waals surface area contributed by atoms with Crippen LogP contribution in [0, 0.1) is 0 Å². The van der Waals surface area contributed by atoms with Gasteiger partial charge >= 0.3 is 18.3 Å². The molecule has 0 aromatic heterocycles. The van der Waals surface area contributed by atoms with Gasteiger partial charge in [0, 0.05) is 0 Å². The monoisotopic (exact) mass is 308 g/mol. The largest absolute Gasteiger partial charge is 0.478 e. The highest BCUT2D eigenvalue weighted by atomic mass is 19.4. The van der Waals surface area contributed by atoms with Crippen LogP contribution in [0.4, 0.5) is 26.3 Å². The molecular weight excluding hydrogens is 302 g/mol. The minimum Gasteiger partial charge on any atom is -0.478 e. The fourth-order valence-electron chi connectivity index (χ4n) is 2.00. The standard InChI is InChI=1S/C13H6F6O2/c14-12(15,16)9-4-2-6-5-7(11(20)21)1-3-8(6)10(9)13(17,18)19/h1-5H,(H,20,21). The molecule has 2 rings (SSSR count). The van der Waals surface area contributed by atoms with E-state index in [1.54, 1.807) is 0 Å². The number of hydrogen-bond donors (Lipinski definition) is 1. The van der Waals surface area contributed by atoms with Crippen molar-refractivity contribution in [1.29, 1.82) is 0 Å². The maximum Gasteiger partial charge on any atom is 0.417 e. The van der Waals surface area contributed by atoms with E-state index >= 15 is 0 Å². The summed E-state index contributed by atoms with van der Waals surface area (Å²) in [6, 6.07) is 3.58. The van der Waals surface area contributed by atoms with Crippen LogP contribution >= 0.6 is 0 Å². The molecule has 0 atom stereocenters. The van der Waals surface area contributed by atoms with Gasteiger partial charge in [0.05, 0.1) is 16.7 Å². The molecule has 8 heteroatoms. The fourth-order valence-corrected chi connectivity index (χ4v) is 2.00. The topological polar surface area (TPSA) is 37.3 Å². The van der Waals surface area contributed by atoms with Gasteiger partial charge in [-0.05, 0) is 29.0 Å². The van der Waals surface area contributed by atoms with E-state index in [9.17, 15) is 31.1 Å². The molecule has 0 amide bonds. The maximum absolute atomic E-state index is 13.0. The highest BCUT2D eigenvalue weighted by Crippen LogP contribution is 2.43. The smallest absolute Gasteiger partial charge is 0.417 e. The molecule has 112 valence electrons. The second-order valence-electron chi connectivity index (χ2n) is 4.22.